The maximum absolute atomic E-state index is 11.8. The molecule has 82 valence electrons. The van der Waals surface area contributed by atoms with Crippen molar-refractivity contribution in [3.8, 4) is 0 Å². The van der Waals surface area contributed by atoms with Crippen LogP contribution in [0.25, 0.3) is 0 Å². The van der Waals surface area contributed by atoms with E-state index in [1.54, 1.807) is 0 Å². The third kappa shape index (κ3) is 3.29. The van der Waals surface area contributed by atoms with Gasteiger partial charge in [-0.25, -0.2) is 0 Å². The van der Waals surface area contributed by atoms with Crippen molar-refractivity contribution in [1.29, 1.82) is 0 Å². The molecule has 1 aliphatic heterocycles. The topological polar surface area (TPSA) is 32.3 Å². The molecule has 1 saturated heterocycles. The molecule has 14 heavy (non-hydrogen) atoms. The smallest absolute Gasteiger partial charge is 0.224 e. The third-order valence-electron chi connectivity index (χ3n) is 2.81. The first-order valence-electron chi connectivity index (χ1n) is 5.64. The van der Waals surface area contributed by atoms with E-state index in [1.165, 1.54) is 6.42 Å². The van der Waals surface area contributed by atoms with E-state index in [1.807, 2.05) is 4.90 Å². The summed E-state index contributed by atoms with van der Waals surface area (Å²) in [7, 11) is 0. The maximum atomic E-state index is 11.8. The molecule has 0 aromatic rings. The minimum absolute atomic E-state index is 0.308. The van der Waals surface area contributed by atoms with Gasteiger partial charge < -0.3 is 10.2 Å². The second-order valence-corrected chi connectivity index (χ2v) is 4.40. The number of likely N-dealkylation sites (tertiary alicyclic amines) is 1. The van der Waals surface area contributed by atoms with E-state index in [-0.39, 0.29) is 0 Å². The average Bonchev–Trinajstić information content (AvgIpc) is 2.52. The zero-order valence-electron chi connectivity index (χ0n) is 9.55. The van der Waals surface area contributed by atoms with Crippen molar-refractivity contribution >= 4 is 5.91 Å². The van der Waals surface area contributed by atoms with Crippen molar-refractivity contribution in [3.05, 3.63) is 0 Å². The van der Waals surface area contributed by atoms with E-state index in [0.29, 0.717) is 24.3 Å². The zero-order valence-corrected chi connectivity index (χ0v) is 9.55. The number of nitrogens with one attached hydrogen (secondary N) is 1. The van der Waals surface area contributed by atoms with Crippen LogP contribution >= 0.6 is 0 Å². The quantitative estimate of drug-likeness (QED) is 0.737. The normalized spacial score (nSPS) is 23.9. The summed E-state index contributed by atoms with van der Waals surface area (Å²) in [6, 6.07) is 0.309. The van der Waals surface area contributed by atoms with E-state index in [9.17, 15) is 4.79 Å². The molecular weight excluding hydrogens is 176 g/mol. The predicted octanol–water partition coefficient (Wildman–Crippen LogP) is 1.24. The Morgan fingerprint density at radius 3 is 2.86 bits per heavy atom. The molecule has 2 atom stereocenters. The summed E-state index contributed by atoms with van der Waals surface area (Å²) in [4.78, 5) is 13.8. The second kappa shape index (κ2) is 5.35. The lowest BCUT2D eigenvalue weighted by Crippen LogP contribution is -2.35. The molecule has 1 N–H and O–H groups in total. The molecule has 1 fully saturated rings. The molecule has 0 radical (unpaired) electrons. The van der Waals surface area contributed by atoms with Crippen LogP contribution in [0.15, 0.2) is 0 Å². The molecule has 3 heteroatoms. The summed E-state index contributed by atoms with van der Waals surface area (Å²) in [6.45, 7) is 9.20. The van der Waals surface area contributed by atoms with Gasteiger partial charge in [0.05, 0.1) is 0 Å². The number of carbonyl (C=O) groups is 1. The summed E-state index contributed by atoms with van der Waals surface area (Å²) < 4.78 is 0. The molecule has 1 amide bonds. The van der Waals surface area contributed by atoms with E-state index in [4.69, 9.17) is 0 Å². The Labute approximate surface area is 86.9 Å². The van der Waals surface area contributed by atoms with Gasteiger partial charge in [-0.1, -0.05) is 13.8 Å². The van der Waals surface area contributed by atoms with Crippen LogP contribution in [0.5, 0.6) is 0 Å². The number of carbonyl (C=O) groups excluding carboxylic acids is 1. The van der Waals surface area contributed by atoms with Gasteiger partial charge in [-0.05, 0) is 25.8 Å². The minimum Gasteiger partial charge on any atom is -0.342 e. The monoisotopic (exact) mass is 198 g/mol. The maximum Gasteiger partial charge on any atom is 0.224 e. The number of amides is 1. The Balaban J connectivity index is 2.27. The molecule has 0 aromatic heterocycles. The van der Waals surface area contributed by atoms with Crippen molar-refractivity contribution in [2.45, 2.75) is 39.7 Å². The fourth-order valence-electron chi connectivity index (χ4n) is 1.97. The SMILES string of the molecule is CCNC(C)CC(=O)N1CCC(C)C1. The van der Waals surface area contributed by atoms with E-state index in [2.05, 4.69) is 26.1 Å². The zero-order chi connectivity index (χ0) is 10.6. The van der Waals surface area contributed by atoms with Gasteiger partial charge in [0.25, 0.3) is 0 Å². The molecule has 1 heterocycles. The Morgan fingerprint density at radius 1 is 1.64 bits per heavy atom. The Morgan fingerprint density at radius 2 is 2.36 bits per heavy atom. The van der Waals surface area contributed by atoms with Crippen LogP contribution in [0.1, 0.15) is 33.6 Å². The van der Waals surface area contributed by atoms with Crippen LogP contribution in [0.2, 0.25) is 0 Å². The Kier molecular flexibility index (Phi) is 4.39. The van der Waals surface area contributed by atoms with Crippen LogP contribution in [0.3, 0.4) is 0 Å². The minimum atomic E-state index is 0.308. The van der Waals surface area contributed by atoms with Gasteiger partial charge in [0, 0.05) is 25.6 Å². The lowest BCUT2D eigenvalue weighted by Gasteiger charge is -2.19. The highest BCUT2D eigenvalue weighted by atomic mass is 16.2. The lowest BCUT2D eigenvalue weighted by atomic mass is 10.2. The van der Waals surface area contributed by atoms with Crippen LogP contribution in [-0.4, -0.2) is 36.5 Å². The van der Waals surface area contributed by atoms with Gasteiger partial charge in [-0.3, -0.25) is 4.79 Å². The largest absolute Gasteiger partial charge is 0.342 e. The van der Waals surface area contributed by atoms with Gasteiger partial charge >= 0.3 is 0 Å². The molecule has 0 bridgehead atoms. The van der Waals surface area contributed by atoms with Crippen molar-refractivity contribution in [2.24, 2.45) is 5.92 Å². The van der Waals surface area contributed by atoms with Gasteiger partial charge in [-0.2, -0.15) is 0 Å². The molecule has 0 aromatic carbocycles. The highest BCUT2D eigenvalue weighted by Crippen LogP contribution is 2.16. The summed E-state index contributed by atoms with van der Waals surface area (Å²) in [6.07, 6.45) is 1.81. The first-order valence-corrected chi connectivity index (χ1v) is 5.64. The van der Waals surface area contributed by atoms with E-state index >= 15 is 0 Å². The molecule has 3 nitrogen and oxygen atoms in total. The molecule has 0 aliphatic carbocycles. The summed E-state index contributed by atoms with van der Waals surface area (Å²) in [5, 5.41) is 3.26. The van der Waals surface area contributed by atoms with Crippen LogP contribution in [0.4, 0.5) is 0 Å². The van der Waals surface area contributed by atoms with Crippen molar-refractivity contribution < 1.29 is 4.79 Å². The number of rotatable bonds is 4. The molecule has 2 unspecified atom stereocenters. The summed E-state index contributed by atoms with van der Waals surface area (Å²) in [5.41, 5.74) is 0. The first-order chi connectivity index (χ1) is 6.63. The summed E-state index contributed by atoms with van der Waals surface area (Å²) in [5.74, 6) is 0.996. The standard InChI is InChI=1S/C11H22N2O/c1-4-12-10(3)7-11(14)13-6-5-9(2)8-13/h9-10,12H,4-8H2,1-3H3. The fourth-order valence-corrected chi connectivity index (χ4v) is 1.97. The predicted molar refractivity (Wildman–Crippen MR) is 58.1 cm³/mol. The van der Waals surface area contributed by atoms with Gasteiger partial charge in [0.1, 0.15) is 0 Å². The number of hydrogen-bond acceptors (Lipinski definition) is 2. The van der Waals surface area contributed by atoms with Crippen LogP contribution in [0, 0.1) is 5.92 Å². The molecular formula is C11H22N2O. The average molecular weight is 198 g/mol. The van der Waals surface area contributed by atoms with E-state index in [0.717, 1.165) is 19.6 Å². The highest BCUT2D eigenvalue weighted by molar-refractivity contribution is 5.77. The lowest BCUT2D eigenvalue weighted by molar-refractivity contribution is -0.130. The van der Waals surface area contributed by atoms with E-state index < -0.39 is 0 Å². The van der Waals surface area contributed by atoms with Gasteiger partial charge in [0.15, 0.2) is 0 Å². The number of hydrogen-bond donors (Lipinski definition) is 1. The van der Waals surface area contributed by atoms with Crippen molar-refractivity contribution in [2.75, 3.05) is 19.6 Å². The van der Waals surface area contributed by atoms with Crippen molar-refractivity contribution in [3.63, 3.8) is 0 Å². The Hall–Kier alpha value is -0.570. The second-order valence-electron chi connectivity index (χ2n) is 4.40. The van der Waals surface area contributed by atoms with Crippen LogP contribution < -0.4 is 5.32 Å². The molecule has 0 saturated carbocycles. The highest BCUT2D eigenvalue weighted by Gasteiger charge is 2.23. The molecule has 1 aliphatic rings. The molecule has 0 spiro atoms. The first kappa shape index (κ1) is 11.5. The fraction of sp³-hybridized carbons (Fsp3) is 0.909. The van der Waals surface area contributed by atoms with Crippen LogP contribution in [-0.2, 0) is 4.79 Å². The Bertz CT molecular complexity index is 194. The third-order valence-corrected chi connectivity index (χ3v) is 2.81. The number of nitrogens with zero attached hydrogens (tertiary/aromatic N) is 1. The summed E-state index contributed by atoms with van der Waals surface area (Å²) >= 11 is 0. The van der Waals surface area contributed by atoms with Gasteiger partial charge in [-0.15, -0.1) is 0 Å². The van der Waals surface area contributed by atoms with Gasteiger partial charge in [0.2, 0.25) is 5.91 Å². The van der Waals surface area contributed by atoms with Crippen molar-refractivity contribution in [1.82, 2.24) is 10.2 Å². The molecule has 1 rings (SSSR count).